The summed E-state index contributed by atoms with van der Waals surface area (Å²) < 4.78 is 43.1. The molecule has 1 heterocycles. The number of nitrogens with zero attached hydrogens (tertiary/aromatic N) is 3. The largest absolute Gasteiger partial charge is 0.244 e. The van der Waals surface area contributed by atoms with Crippen molar-refractivity contribution in [2.24, 2.45) is 0 Å². The van der Waals surface area contributed by atoms with Crippen LogP contribution >= 0.6 is 23.2 Å². The zero-order valence-corrected chi connectivity index (χ0v) is 19.0. The molecule has 0 aliphatic carbocycles. The van der Waals surface area contributed by atoms with Gasteiger partial charge < -0.3 is 0 Å². The van der Waals surface area contributed by atoms with Crippen molar-refractivity contribution < 1.29 is 12.8 Å². The van der Waals surface area contributed by atoms with Gasteiger partial charge in [-0.25, -0.2) is 12.8 Å². The van der Waals surface area contributed by atoms with Crippen LogP contribution in [0.15, 0.2) is 29.2 Å². The molecule has 0 aliphatic heterocycles. The Balaban J connectivity index is 2.09. The molecule has 2 unspecified atom stereocenters. The van der Waals surface area contributed by atoms with Gasteiger partial charge in [0.15, 0.2) is 5.82 Å². The van der Waals surface area contributed by atoms with E-state index in [1.54, 1.807) is 19.9 Å². The predicted molar refractivity (Wildman–Crippen MR) is 113 cm³/mol. The molecule has 0 fully saturated rings. The molecule has 11 heteroatoms. The van der Waals surface area contributed by atoms with Crippen LogP contribution in [0, 0.1) is 26.6 Å². The van der Waals surface area contributed by atoms with Crippen LogP contribution in [0.25, 0.3) is 0 Å². The van der Waals surface area contributed by atoms with Gasteiger partial charge in [-0.1, -0.05) is 41.4 Å². The fourth-order valence-corrected chi connectivity index (χ4v) is 5.22. The summed E-state index contributed by atoms with van der Waals surface area (Å²) in [6.45, 7) is 7.22. The first-order valence-corrected chi connectivity index (χ1v) is 11.2. The summed E-state index contributed by atoms with van der Waals surface area (Å²) >= 11 is 12.3. The van der Waals surface area contributed by atoms with Gasteiger partial charge in [-0.15, -0.1) is 10.2 Å². The number of halogens is 3. The van der Waals surface area contributed by atoms with Crippen LogP contribution in [-0.2, 0) is 10.0 Å². The van der Waals surface area contributed by atoms with Crippen molar-refractivity contribution in [1.29, 1.82) is 0 Å². The lowest BCUT2D eigenvalue weighted by Gasteiger charge is -2.26. The van der Waals surface area contributed by atoms with Crippen LogP contribution in [-0.4, -0.2) is 29.0 Å². The second-order valence-electron chi connectivity index (χ2n) is 7.09. The Kier molecular flexibility index (Phi) is 6.47. The van der Waals surface area contributed by atoms with Crippen LogP contribution in [0.2, 0.25) is 10.0 Å². The smallest absolute Gasteiger partial charge is 0.207 e. The third kappa shape index (κ3) is 4.34. The molecule has 7 nitrogen and oxygen atoms in total. The summed E-state index contributed by atoms with van der Waals surface area (Å²) in [5, 5.41) is 14.4. The van der Waals surface area contributed by atoms with Gasteiger partial charge in [0.1, 0.15) is 10.7 Å². The van der Waals surface area contributed by atoms with E-state index in [-0.39, 0.29) is 10.8 Å². The van der Waals surface area contributed by atoms with E-state index in [1.165, 1.54) is 6.07 Å². The molecule has 0 saturated heterocycles. The van der Waals surface area contributed by atoms with Gasteiger partial charge in [-0.2, -0.15) is 9.94 Å². The second kappa shape index (κ2) is 8.58. The molecule has 2 atom stereocenters. The van der Waals surface area contributed by atoms with Crippen molar-refractivity contribution in [3.05, 3.63) is 68.2 Å². The first-order chi connectivity index (χ1) is 14.0. The van der Waals surface area contributed by atoms with Crippen LogP contribution in [0.1, 0.15) is 47.0 Å². The SMILES string of the molecule is Cc1cc(S(=O)(=O)NC(c2nn[nH]n2)C(C)c2c(Cl)ccc(C)c2C)c(F)cc1Cl. The number of tetrazole rings is 1. The Morgan fingerprint density at radius 3 is 2.43 bits per heavy atom. The summed E-state index contributed by atoms with van der Waals surface area (Å²) in [4.78, 5) is -0.517. The van der Waals surface area contributed by atoms with Crippen LogP contribution in [0.5, 0.6) is 0 Å². The number of aromatic amines is 1. The van der Waals surface area contributed by atoms with E-state index in [4.69, 9.17) is 23.2 Å². The van der Waals surface area contributed by atoms with Crippen LogP contribution in [0.3, 0.4) is 0 Å². The first-order valence-electron chi connectivity index (χ1n) is 9.00. The lowest BCUT2D eigenvalue weighted by molar-refractivity contribution is 0.491. The quantitative estimate of drug-likeness (QED) is 0.554. The van der Waals surface area contributed by atoms with Gasteiger partial charge >= 0.3 is 0 Å². The molecule has 160 valence electrons. The van der Waals surface area contributed by atoms with Crippen molar-refractivity contribution >= 4 is 33.2 Å². The minimum atomic E-state index is -4.29. The number of H-pyrrole nitrogens is 1. The molecule has 3 aromatic rings. The van der Waals surface area contributed by atoms with E-state index in [0.717, 1.165) is 22.8 Å². The van der Waals surface area contributed by atoms with Gasteiger partial charge in [0.05, 0.1) is 6.04 Å². The van der Waals surface area contributed by atoms with E-state index in [0.29, 0.717) is 10.6 Å². The number of hydrogen-bond donors (Lipinski definition) is 2. The highest BCUT2D eigenvalue weighted by Gasteiger charge is 2.33. The fraction of sp³-hybridized carbons (Fsp3) is 0.316. The molecule has 0 spiro atoms. The Morgan fingerprint density at radius 2 is 1.80 bits per heavy atom. The van der Waals surface area contributed by atoms with E-state index in [9.17, 15) is 12.8 Å². The Morgan fingerprint density at radius 1 is 1.10 bits per heavy atom. The van der Waals surface area contributed by atoms with Crippen molar-refractivity contribution in [1.82, 2.24) is 25.3 Å². The average molecular weight is 472 g/mol. The molecular weight excluding hydrogens is 452 g/mol. The number of aryl methyl sites for hydroxylation is 2. The minimum absolute atomic E-state index is 0.106. The highest BCUT2D eigenvalue weighted by molar-refractivity contribution is 7.89. The van der Waals surface area contributed by atoms with Crippen molar-refractivity contribution in [2.45, 2.75) is 44.6 Å². The van der Waals surface area contributed by atoms with E-state index >= 15 is 0 Å². The number of sulfonamides is 1. The minimum Gasteiger partial charge on any atom is -0.207 e. The molecule has 0 aliphatic rings. The second-order valence-corrected chi connectivity index (χ2v) is 9.59. The number of aromatic nitrogens is 4. The average Bonchev–Trinajstić information content (AvgIpc) is 3.20. The maximum Gasteiger partial charge on any atom is 0.244 e. The van der Waals surface area contributed by atoms with Crippen molar-refractivity contribution in [3.8, 4) is 0 Å². The zero-order valence-electron chi connectivity index (χ0n) is 16.7. The fourth-order valence-electron chi connectivity index (χ4n) is 3.28. The number of nitrogens with one attached hydrogen (secondary N) is 2. The number of benzene rings is 2. The normalized spacial score (nSPS) is 14.0. The monoisotopic (exact) mass is 471 g/mol. The Hall–Kier alpha value is -2.07. The zero-order chi connectivity index (χ0) is 22.2. The Labute approximate surface area is 184 Å². The van der Waals surface area contributed by atoms with E-state index < -0.39 is 32.7 Å². The summed E-state index contributed by atoms with van der Waals surface area (Å²) in [7, 11) is -4.29. The molecule has 1 aromatic heterocycles. The molecule has 0 radical (unpaired) electrons. The van der Waals surface area contributed by atoms with Crippen molar-refractivity contribution in [2.75, 3.05) is 0 Å². The van der Waals surface area contributed by atoms with Crippen LogP contribution in [0.4, 0.5) is 4.39 Å². The van der Waals surface area contributed by atoms with Gasteiger partial charge in [0.25, 0.3) is 0 Å². The third-order valence-corrected chi connectivity index (χ3v) is 7.31. The number of hydrogen-bond acceptors (Lipinski definition) is 5. The summed E-state index contributed by atoms with van der Waals surface area (Å²) in [5.41, 5.74) is 3.08. The summed E-state index contributed by atoms with van der Waals surface area (Å²) in [5.74, 6) is -1.34. The summed E-state index contributed by atoms with van der Waals surface area (Å²) in [6.07, 6.45) is 0. The summed E-state index contributed by atoms with van der Waals surface area (Å²) in [6, 6.07) is 4.83. The van der Waals surface area contributed by atoms with Gasteiger partial charge in [0.2, 0.25) is 10.0 Å². The molecule has 3 rings (SSSR count). The molecule has 2 aromatic carbocycles. The maximum atomic E-state index is 14.4. The Bertz CT molecular complexity index is 1190. The molecule has 2 N–H and O–H groups in total. The van der Waals surface area contributed by atoms with Crippen molar-refractivity contribution in [3.63, 3.8) is 0 Å². The standard InChI is InChI=1S/C19H20Cl2FN5O2S/c1-9-5-6-13(20)17(11(9)3)12(4)18(19-23-26-27-24-19)25-30(28,29)16-7-10(2)14(21)8-15(16)22/h5-8,12,18,25H,1-4H3,(H,23,24,26,27). The van der Waals surface area contributed by atoms with Gasteiger partial charge in [-0.05, 0) is 61.2 Å². The lowest BCUT2D eigenvalue weighted by atomic mass is 9.88. The van der Waals surface area contributed by atoms with E-state index in [2.05, 4.69) is 25.3 Å². The van der Waals surface area contributed by atoms with E-state index in [1.807, 2.05) is 19.9 Å². The highest BCUT2D eigenvalue weighted by Crippen LogP contribution is 2.37. The third-order valence-electron chi connectivity index (χ3n) is 5.11. The predicted octanol–water partition coefficient (Wildman–Crippen LogP) is 4.39. The molecule has 30 heavy (non-hydrogen) atoms. The maximum absolute atomic E-state index is 14.4. The lowest BCUT2D eigenvalue weighted by Crippen LogP contribution is -2.33. The molecule has 0 bridgehead atoms. The molecule has 0 amide bonds. The first kappa shape index (κ1) is 22.6. The number of rotatable bonds is 6. The highest BCUT2D eigenvalue weighted by atomic mass is 35.5. The topological polar surface area (TPSA) is 101 Å². The van der Waals surface area contributed by atoms with Crippen LogP contribution < -0.4 is 4.72 Å². The van der Waals surface area contributed by atoms with Gasteiger partial charge in [0, 0.05) is 16.0 Å². The molecule has 0 saturated carbocycles. The molecular formula is C19H20Cl2FN5O2S. The van der Waals surface area contributed by atoms with Gasteiger partial charge in [-0.3, -0.25) is 0 Å².